The van der Waals surface area contributed by atoms with Gasteiger partial charge in [0, 0.05) is 96.7 Å². The van der Waals surface area contributed by atoms with Crippen molar-refractivity contribution in [1.29, 1.82) is 0 Å². The van der Waals surface area contributed by atoms with Crippen LogP contribution in [0.25, 0.3) is 43.1 Å². The van der Waals surface area contributed by atoms with Gasteiger partial charge in [-0.25, -0.2) is 14.7 Å². The van der Waals surface area contributed by atoms with Gasteiger partial charge in [-0.3, -0.25) is 85.3 Å². The number of nitrogens with zero attached hydrogens (tertiary/aromatic N) is 12. The van der Waals surface area contributed by atoms with E-state index in [4.69, 9.17) is 55.0 Å². The van der Waals surface area contributed by atoms with Crippen molar-refractivity contribution in [1.82, 2.24) is 61.2 Å². The summed E-state index contributed by atoms with van der Waals surface area (Å²) in [6, 6.07) is 29.8. The van der Waals surface area contributed by atoms with Crippen molar-refractivity contribution in [2.24, 2.45) is 0 Å². The molecule has 7 heterocycles. The number of aryl methyl sites for hydroxylation is 2. The Morgan fingerprint density at radius 3 is 1.32 bits per heavy atom. The van der Waals surface area contributed by atoms with Crippen LogP contribution in [0, 0.1) is 64.4 Å². The van der Waals surface area contributed by atoms with Gasteiger partial charge >= 0.3 is 11.9 Å². The van der Waals surface area contributed by atoms with Crippen LogP contribution in [0.4, 0.5) is 40.3 Å². The fraction of sp³-hybridized carbons (Fsp3) is 0.0800. The van der Waals surface area contributed by atoms with Crippen molar-refractivity contribution in [2.45, 2.75) is 13.8 Å². The standard InChI is InChI=1S/C12H10ClN5.C12H11N5O.C8H3Cl2N3O2.C8H5N3O4.C8H3NO5.2CH3NO2/c1-7-6-10(16-15-7)14-12-9-5-3-2-4-8(9)11(13)17-18-12;1-7-6-10(15-14-7)13-11-8-4-2-3-5-9(8)12(18)17-16-11;9-7-5-2-1-4(13(14)15)3-6(5)8(10)12-11-7;12-7-5-2-1-4(11(14)15)3-6(5)8(13)10-9-7;10-7-5-2-1-4(9(12)13)3-6(5)8(11)14-7;2*1-2(3)4/h2-6H,1H3,(H2,14,15,16,18);2-6H,1H3,(H,17,18)(H2,13,14,15,16);1-3H;1-3H,(H,9,12)(H,10,13);1-3H;2*1H3. The van der Waals surface area contributed by atoms with Gasteiger partial charge in [0.05, 0.1) is 42.1 Å². The quantitative estimate of drug-likeness (QED) is 0.0340. The highest BCUT2D eigenvalue weighted by molar-refractivity contribution is 6.38. The SMILES string of the molecule is C[N+](=O)[O-].C[N+](=O)[O-].Cc1cc(Nc2n[nH]c(=O)c3ccccc23)n[nH]1.Cc1cc(Nc2nnc(Cl)c3ccccc23)n[nH]1.O=C1OC(=O)c2cc([N+](=O)[O-])ccc21.O=[N+]([O-])c1ccc2c(Cl)nnc(Cl)c2c1.O=c1[nH][nH]c(=O)c2cc([N+](=O)[O-])ccc12. The molecule has 11 aromatic rings. The zero-order chi connectivity index (χ0) is 64.5. The molecule has 0 unspecified atom stereocenters. The van der Waals surface area contributed by atoms with Crippen molar-refractivity contribution in [3.8, 4) is 0 Å². The van der Waals surface area contributed by atoms with Gasteiger partial charge in [-0.05, 0) is 38.1 Å². The number of esters is 2. The lowest BCUT2D eigenvalue weighted by Crippen LogP contribution is -2.18. The Balaban J connectivity index is 0.000000171. The fourth-order valence-electron chi connectivity index (χ4n) is 7.24. The molecule has 7 N–H and O–H groups in total. The molecule has 35 nitrogen and oxygen atoms in total. The number of aromatic nitrogens is 12. The van der Waals surface area contributed by atoms with E-state index in [0.29, 0.717) is 44.6 Å². The molecular weight excluding hydrogens is 1230 g/mol. The zero-order valence-corrected chi connectivity index (χ0v) is 47.3. The molecule has 1 aliphatic rings. The molecule has 0 atom stereocenters. The van der Waals surface area contributed by atoms with Crippen LogP contribution < -0.4 is 27.3 Å². The van der Waals surface area contributed by atoms with E-state index < -0.39 is 47.7 Å². The Morgan fingerprint density at radius 1 is 0.420 bits per heavy atom. The summed E-state index contributed by atoms with van der Waals surface area (Å²) in [5.41, 5.74) is 0.171. The lowest BCUT2D eigenvalue weighted by atomic mass is 10.1. The molecule has 88 heavy (non-hydrogen) atoms. The van der Waals surface area contributed by atoms with E-state index in [0.717, 1.165) is 59.8 Å². The third kappa shape index (κ3) is 17.2. The molecule has 0 saturated heterocycles. The van der Waals surface area contributed by atoms with Crippen molar-refractivity contribution < 1.29 is 38.9 Å². The number of aromatic amines is 5. The van der Waals surface area contributed by atoms with Gasteiger partial charge in [0.1, 0.15) is 0 Å². The molecule has 0 bridgehead atoms. The summed E-state index contributed by atoms with van der Waals surface area (Å²) in [6.07, 6.45) is 0. The van der Waals surface area contributed by atoms with Crippen LogP contribution >= 0.6 is 34.8 Å². The molecule has 0 fully saturated rings. The Bertz CT molecular complexity index is 4670. The normalized spacial score (nSPS) is 10.7. The highest BCUT2D eigenvalue weighted by Gasteiger charge is 2.31. The molecule has 450 valence electrons. The van der Waals surface area contributed by atoms with E-state index in [1.807, 2.05) is 68.4 Å². The van der Waals surface area contributed by atoms with Crippen LogP contribution in [0.2, 0.25) is 15.5 Å². The maximum atomic E-state index is 11.6. The van der Waals surface area contributed by atoms with E-state index in [2.05, 4.69) is 76.6 Å². The lowest BCUT2D eigenvalue weighted by Gasteiger charge is -2.06. The van der Waals surface area contributed by atoms with Gasteiger partial charge in [-0.15, -0.1) is 20.4 Å². The third-order valence-electron chi connectivity index (χ3n) is 11.0. The smallest absolute Gasteiger partial charge is 0.347 e. The first-order valence-corrected chi connectivity index (χ1v) is 25.2. The summed E-state index contributed by atoms with van der Waals surface area (Å²) in [7, 11) is 1.78. The van der Waals surface area contributed by atoms with Crippen molar-refractivity contribution in [3.63, 3.8) is 0 Å². The van der Waals surface area contributed by atoms with Gasteiger partial charge < -0.3 is 15.4 Å². The number of H-pyrrole nitrogens is 5. The van der Waals surface area contributed by atoms with Crippen molar-refractivity contribution >= 4 is 130 Å². The molecule has 38 heteroatoms. The Labute approximate surface area is 501 Å². The number of non-ortho nitro benzene ring substituents is 3. The first-order chi connectivity index (χ1) is 41.7. The second-order valence-corrected chi connectivity index (χ2v) is 18.2. The maximum absolute atomic E-state index is 11.6. The molecule has 5 aromatic carbocycles. The number of benzene rings is 5. The van der Waals surface area contributed by atoms with Gasteiger partial charge in [-0.2, -0.15) is 15.3 Å². The zero-order valence-electron chi connectivity index (χ0n) is 45.0. The van der Waals surface area contributed by atoms with Gasteiger partial charge in [0.25, 0.3) is 33.7 Å². The minimum absolute atomic E-state index is 0.00736. The maximum Gasteiger partial charge on any atom is 0.347 e. The highest BCUT2D eigenvalue weighted by atomic mass is 35.5. The van der Waals surface area contributed by atoms with Crippen LogP contribution in [0.5, 0.6) is 0 Å². The molecule has 6 aromatic heterocycles. The summed E-state index contributed by atoms with van der Waals surface area (Å²) < 4.78 is 4.27. The van der Waals surface area contributed by atoms with E-state index in [9.17, 15) is 54.3 Å². The Hall–Kier alpha value is -12.1. The molecule has 1 aliphatic heterocycles. The molecule has 0 radical (unpaired) electrons. The summed E-state index contributed by atoms with van der Waals surface area (Å²) in [6.45, 7) is 3.85. The Kier molecular flexibility index (Phi) is 21.7. The molecule has 0 aliphatic carbocycles. The molecular formula is C50H38Cl3N19O16. The third-order valence-corrected chi connectivity index (χ3v) is 11.8. The summed E-state index contributed by atoms with van der Waals surface area (Å²) in [5, 5.41) is 99.8. The summed E-state index contributed by atoms with van der Waals surface area (Å²) >= 11 is 17.5. The lowest BCUT2D eigenvalue weighted by molar-refractivity contribution is -0.445. The van der Waals surface area contributed by atoms with Crippen LogP contribution in [0.3, 0.4) is 0 Å². The number of cyclic esters (lactones) is 2. The number of carbonyl (C=O) groups is 2. The predicted molar refractivity (Wildman–Crippen MR) is 317 cm³/mol. The van der Waals surface area contributed by atoms with Crippen molar-refractivity contribution in [3.05, 3.63) is 235 Å². The van der Waals surface area contributed by atoms with Crippen molar-refractivity contribution in [2.75, 3.05) is 24.7 Å². The molecule has 0 spiro atoms. The number of anilines is 4. The van der Waals surface area contributed by atoms with Gasteiger partial charge in [0.15, 0.2) is 52.8 Å². The fourth-order valence-corrected chi connectivity index (χ4v) is 7.84. The monoisotopic (exact) mass is 1270 g/mol. The number of fused-ring (bicyclic) bond motifs is 5. The number of nitrogens with one attached hydrogen (secondary N) is 7. The van der Waals surface area contributed by atoms with E-state index >= 15 is 0 Å². The second kappa shape index (κ2) is 29.4. The Morgan fingerprint density at radius 2 is 0.807 bits per heavy atom. The number of hydrogen-bond acceptors (Lipinski definition) is 25. The number of nitro groups is 5. The predicted octanol–water partition coefficient (Wildman–Crippen LogP) is 8.42. The second-order valence-electron chi connectivity index (χ2n) is 17.2. The highest BCUT2D eigenvalue weighted by Crippen LogP contribution is 2.30. The summed E-state index contributed by atoms with van der Waals surface area (Å²) in [5.74, 6) is 0.985. The molecule has 0 saturated carbocycles. The number of halogens is 3. The largest absolute Gasteiger partial charge is 0.386 e. The minimum Gasteiger partial charge on any atom is -0.386 e. The number of rotatable bonds is 7. The average Bonchev–Trinajstić information content (AvgIpc) is 1.93. The van der Waals surface area contributed by atoms with Gasteiger partial charge in [-0.1, -0.05) is 77.3 Å². The minimum atomic E-state index is -0.839. The molecule has 0 amide bonds. The van der Waals surface area contributed by atoms with Crippen LogP contribution in [0.15, 0.2) is 130 Å². The first-order valence-electron chi connectivity index (χ1n) is 24.0. The van der Waals surface area contributed by atoms with Crippen LogP contribution in [-0.4, -0.2) is 112 Å². The van der Waals surface area contributed by atoms with Crippen LogP contribution in [0.1, 0.15) is 32.1 Å². The van der Waals surface area contributed by atoms with E-state index in [1.165, 1.54) is 36.4 Å². The topological polar surface area (TPSA) is 504 Å². The van der Waals surface area contributed by atoms with Crippen LogP contribution in [-0.2, 0) is 4.74 Å². The number of carbonyl (C=O) groups excluding carboxylic acids is 2. The van der Waals surface area contributed by atoms with E-state index in [-0.39, 0.29) is 54.8 Å². The number of hydrogen-bond donors (Lipinski definition) is 7. The number of ether oxygens (including phenoxy) is 1. The first kappa shape index (κ1) is 65.0. The number of nitro benzene ring substituents is 3. The van der Waals surface area contributed by atoms with E-state index in [1.54, 1.807) is 6.07 Å². The molecule has 12 rings (SSSR count). The van der Waals surface area contributed by atoms with Gasteiger partial charge in [0.2, 0.25) is 0 Å². The average molecular weight is 1270 g/mol. The summed E-state index contributed by atoms with van der Waals surface area (Å²) in [4.78, 5) is 102.